The number of benzene rings is 1. The summed E-state index contributed by atoms with van der Waals surface area (Å²) >= 11 is 9.26. The fourth-order valence-corrected chi connectivity index (χ4v) is 1.89. The minimum atomic E-state index is -0.00338. The molecule has 0 saturated heterocycles. The molecule has 0 atom stereocenters. The fraction of sp³-hybridized carbons (Fsp3) is 0.364. The summed E-state index contributed by atoms with van der Waals surface area (Å²) in [5.74, 6) is -0.00338. The number of amides is 1. The Morgan fingerprint density at radius 1 is 1.53 bits per heavy atom. The van der Waals surface area contributed by atoms with Crippen molar-refractivity contribution >= 4 is 33.4 Å². The van der Waals surface area contributed by atoms with Gasteiger partial charge in [-0.15, -0.1) is 0 Å². The Labute approximate surface area is 103 Å². The van der Waals surface area contributed by atoms with E-state index in [9.17, 15) is 4.79 Å². The molecule has 1 aromatic rings. The molecular weight excluding hydrogens is 277 g/mol. The van der Waals surface area contributed by atoms with Crippen LogP contribution in [0.25, 0.3) is 0 Å². The molecule has 0 aromatic heterocycles. The van der Waals surface area contributed by atoms with E-state index in [1.54, 1.807) is 24.1 Å². The number of halogens is 2. The Morgan fingerprint density at radius 3 is 2.73 bits per heavy atom. The van der Waals surface area contributed by atoms with Crippen molar-refractivity contribution in [2.45, 2.75) is 6.92 Å². The molecule has 0 N–H and O–H groups in total. The van der Waals surface area contributed by atoms with Gasteiger partial charge in [-0.2, -0.15) is 0 Å². The first-order chi connectivity index (χ1) is 7.06. The minimum absolute atomic E-state index is 0.00338. The molecule has 0 fully saturated rings. The molecule has 1 amide bonds. The van der Waals surface area contributed by atoms with Crippen LogP contribution in [0.1, 0.15) is 15.9 Å². The smallest absolute Gasteiger partial charge is 0.253 e. The molecule has 15 heavy (non-hydrogen) atoms. The molecule has 0 spiro atoms. The Morgan fingerprint density at radius 2 is 2.20 bits per heavy atom. The highest BCUT2D eigenvalue weighted by molar-refractivity contribution is 9.09. The SMILES string of the molecule is Cc1ccc(C(=O)N(C)CCBr)cc1Cl. The van der Waals surface area contributed by atoms with E-state index in [0.29, 0.717) is 17.1 Å². The van der Waals surface area contributed by atoms with Crippen LogP contribution in [0.3, 0.4) is 0 Å². The van der Waals surface area contributed by atoms with Gasteiger partial charge in [0, 0.05) is 29.5 Å². The quantitative estimate of drug-likeness (QED) is 0.783. The fourth-order valence-electron chi connectivity index (χ4n) is 1.17. The largest absolute Gasteiger partial charge is 0.341 e. The highest BCUT2D eigenvalue weighted by Gasteiger charge is 2.11. The van der Waals surface area contributed by atoms with Crippen LogP contribution in [-0.2, 0) is 0 Å². The predicted molar refractivity (Wildman–Crippen MR) is 66.9 cm³/mol. The second-order valence-electron chi connectivity index (χ2n) is 3.38. The molecule has 82 valence electrons. The van der Waals surface area contributed by atoms with E-state index in [4.69, 9.17) is 11.6 Å². The molecule has 0 bridgehead atoms. The molecular formula is C11H13BrClNO. The topological polar surface area (TPSA) is 20.3 Å². The van der Waals surface area contributed by atoms with E-state index in [-0.39, 0.29) is 5.91 Å². The lowest BCUT2D eigenvalue weighted by Crippen LogP contribution is -2.28. The van der Waals surface area contributed by atoms with Gasteiger partial charge < -0.3 is 4.90 Å². The average molecular weight is 291 g/mol. The molecule has 2 nitrogen and oxygen atoms in total. The van der Waals surface area contributed by atoms with Crippen molar-refractivity contribution in [2.75, 3.05) is 18.9 Å². The normalized spacial score (nSPS) is 10.1. The summed E-state index contributed by atoms with van der Waals surface area (Å²) < 4.78 is 0. The van der Waals surface area contributed by atoms with Crippen molar-refractivity contribution in [3.8, 4) is 0 Å². The lowest BCUT2D eigenvalue weighted by Gasteiger charge is -2.15. The van der Waals surface area contributed by atoms with E-state index in [2.05, 4.69) is 15.9 Å². The van der Waals surface area contributed by atoms with Crippen LogP contribution in [-0.4, -0.2) is 29.7 Å². The summed E-state index contributed by atoms with van der Waals surface area (Å²) in [5, 5.41) is 1.41. The first kappa shape index (κ1) is 12.5. The number of nitrogens with zero attached hydrogens (tertiary/aromatic N) is 1. The minimum Gasteiger partial charge on any atom is -0.341 e. The Balaban J connectivity index is 2.87. The summed E-state index contributed by atoms with van der Waals surface area (Å²) in [6.07, 6.45) is 0. The van der Waals surface area contributed by atoms with Crippen molar-refractivity contribution in [1.82, 2.24) is 4.90 Å². The van der Waals surface area contributed by atoms with Gasteiger partial charge in [0.15, 0.2) is 0 Å². The Hall–Kier alpha value is -0.540. The molecule has 0 aliphatic heterocycles. The number of carbonyl (C=O) groups is 1. The number of rotatable bonds is 3. The van der Waals surface area contributed by atoms with Gasteiger partial charge in [0.1, 0.15) is 0 Å². The molecule has 0 unspecified atom stereocenters. The van der Waals surface area contributed by atoms with Crippen LogP contribution in [0.5, 0.6) is 0 Å². The zero-order chi connectivity index (χ0) is 11.4. The summed E-state index contributed by atoms with van der Waals surface area (Å²) in [6.45, 7) is 2.60. The molecule has 4 heteroatoms. The number of alkyl halides is 1. The van der Waals surface area contributed by atoms with Gasteiger partial charge in [0.05, 0.1) is 0 Å². The molecule has 0 heterocycles. The van der Waals surface area contributed by atoms with Gasteiger partial charge in [-0.05, 0) is 24.6 Å². The third-order valence-corrected chi connectivity index (χ3v) is 2.95. The number of carbonyl (C=O) groups excluding carboxylic acids is 1. The van der Waals surface area contributed by atoms with Gasteiger partial charge in [0.2, 0.25) is 0 Å². The van der Waals surface area contributed by atoms with Crippen molar-refractivity contribution in [3.63, 3.8) is 0 Å². The standard InChI is InChI=1S/C11H13BrClNO/c1-8-3-4-9(7-10(8)13)11(15)14(2)6-5-12/h3-4,7H,5-6H2,1-2H3. The first-order valence-corrected chi connectivity index (χ1v) is 6.13. The van der Waals surface area contributed by atoms with Crippen LogP contribution in [0.15, 0.2) is 18.2 Å². The van der Waals surface area contributed by atoms with Crippen molar-refractivity contribution in [2.24, 2.45) is 0 Å². The maximum Gasteiger partial charge on any atom is 0.253 e. The van der Waals surface area contributed by atoms with Gasteiger partial charge in [-0.1, -0.05) is 33.6 Å². The lowest BCUT2D eigenvalue weighted by atomic mass is 10.1. The number of aryl methyl sites for hydroxylation is 1. The van der Waals surface area contributed by atoms with Crippen molar-refractivity contribution in [1.29, 1.82) is 0 Å². The second-order valence-corrected chi connectivity index (χ2v) is 4.58. The van der Waals surface area contributed by atoms with Gasteiger partial charge in [0.25, 0.3) is 5.91 Å². The lowest BCUT2D eigenvalue weighted by molar-refractivity contribution is 0.0804. The maximum absolute atomic E-state index is 11.8. The van der Waals surface area contributed by atoms with Gasteiger partial charge in [-0.3, -0.25) is 4.79 Å². The van der Waals surface area contributed by atoms with E-state index >= 15 is 0 Å². The third kappa shape index (κ3) is 3.21. The van der Waals surface area contributed by atoms with E-state index in [1.807, 2.05) is 13.0 Å². The van der Waals surface area contributed by atoms with E-state index in [0.717, 1.165) is 10.9 Å². The molecule has 0 saturated carbocycles. The second kappa shape index (κ2) is 5.52. The van der Waals surface area contributed by atoms with Crippen LogP contribution < -0.4 is 0 Å². The number of hydrogen-bond acceptors (Lipinski definition) is 1. The Bertz CT molecular complexity index is 368. The zero-order valence-electron chi connectivity index (χ0n) is 8.76. The van der Waals surface area contributed by atoms with Crippen LogP contribution in [0, 0.1) is 6.92 Å². The monoisotopic (exact) mass is 289 g/mol. The average Bonchev–Trinajstić information content (AvgIpc) is 2.21. The molecule has 0 aliphatic rings. The van der Waals surface area contributed by atoms with Crippen molar-refractivity contribution < 1.29 is 4.79 Å². The van der Waals surface area contributed by atoms with Gasteiger partial charge >= 0.3 is 0 Å². The number of hydrogen-bond donors (Lipinski definition) is 0. The van der Waals surface area contributed by atoms with E-state index in [1.165, 1.54) is 0 Å². The molecule has 0 radical (unpaired) electrons. The maximum atomic E-state index is 11.8. The third-order valence-electron chi connectivity index (χ3n) is 2.19. The highest BCUT2D eigenvalue weighted by Crippen LogP contribution is 2.17. The van der Waals surface area contributed by atoms with Gasteiger partial charge in [-0.25, -0.2) is 0 Å². The van der Waals surface area contributed by atoms with E-state index < -0.39 is 0 Å². The zero-order valence-corrected chi connectivity index (χ0v) is 11.1. The summed E-state index contributed by atoms with van der Waals surface area (Å²) in [6, 6.07) is 5.37. The summed E-state index contributed by atoms with van der Waals surface area (Å²) in [7, 11) is 1.78. The highest BCUT2D eigenvalue weighted by atomic mass is 79.9. The summed E-state index contributed by atoms with van der Waals surface area (Å²) in [5.41, 5.74) is 1.62. The molecule has 1 rings (SSSR count). The Kier molecular flexibility index (Phi) is 4.61. The van der Waals surface area contributed by atoms with Crippen LogP contribution >= 0.6 is 27.5 Å². The summed E-state index contributed by atoms with van der Waals surface area (Å²) in [4.78, 5) is 13.5. The molecule has 0 aliphatic carbocycles. The van der Waals surface area contributed by atoms with Crippen LogP contribution in [0.2, 0.25) is 5.02 Å². The predicted octanol–water partition coefficient (Wildman–Crippen LogP) is 3.12. The van der Waals surface area contributed by atoms with Crippen molar-refractivity contribution in [3.05, 3.63) is 34.3 Å². The molecule has 1 aromatic carbocycles. The first-order valence-electron chi connectivity index (χ1n) is 4.64. The van der Waals surface area contributed by atoms with Crippen LogP contribution in [0.4, 0.5) is 0 Å².